The van der Waals surface area contributed by atoms with Crippen molar-refractivity contribution in [2.75, 3.05) is 19.6 Å². The van der Waals surface area contributed by atoms with Crippen LogP contribution in [0, 0.1) is 6.92 Å². The second-order valence-corrected chi connectivity index (χ2v) is 7.26. The van der Waals surface area contributed by atoms with E-state index in [1.807, 2.05) is 50.8 Å². The fraction of sp³-hybridized carbons (Fsp3) is 0.474. The molecule has 24 heavy (non-hydrogen) atoms. The highest BCUT2D eigenvalue weighted by atomic mass is 16.6. The lowest BCUT2D eigenvalue weighted by atomic mass is 9.98. The summed E-state index contributed by atoms with van der Waals surface area (Å²) in [5.74, 6) is 0. The number of aryl methyl sites for hydroxylation is 1. The van der Waals surface area contributed by atoms with Crippen molar-refractivity contribution in [3.8, 4) is 0 Å². The second-order valence-electron chi connectivity index (χ2n) is 7.26. The molecule has 5 heteroatoms. The Hall–Kier alpha value is -2.14. The SMILES string of the molecule is Cc1cc(C2CNCCN2C(=O)OC(C)(C)C)c2ccccc2n1. The summed E-state index contributed by atoms with van der Waals surface area (Å²) in [6.45, 7) is 9.81. The fourth-order valence-corrected chi connectivity index (χ4v) is 3.14. The summed E-state index contributed by atoms with van der Waals surface area (Å²) < 4.78 is 5.61. The number of piperazine rings is 1. The van der Waals surface area contributed by atoms with E-state index in [9.17, 15) is 4.79 Å². The van der Waals surface area contributed by atoms with Crippen molar-refractivity contribution in [3.05, 3.63) is 41.6 Å². The highest BCUT2D eigenvalue weighted by Gasteiger charge is 2.32. The summed E-state index contributed by atoms with van der Waals surface area (Å²) in [5, 5.41) is 4.48. The molecule has 2 aromatic rings. The predicted octanol–water partition coefficient (Wildman–Crippen LogP) is 3.42. The van der Waals surface area contributed by atoms with E-state index in [2.05, 4.69) is 22.4 Å². The predicted molar refractivity (Wildman–Crippen MR) is 95.0 cm³/mol. The lowest BCUT2D eigenvalue weighted by Crippen LogP contribution is -2.50. The Morgan fingerprint density at radius 3 is 2.83 bits per heavy atom. The number of carbonyl (C=O) groups is 1. The maximum atomic E-state index is 12.7. The van der Waals surface area contributed by atoms with Gasteiger partial charge in [0.15, 0.2) is 0 Å². The molecule has 1 atom stereocenters. The largest absolute Gasteiger partial charge is 0.444 e. The number of pyridine rings is 1. The van der Waals surface area contributed by atoms with Gasteiger partial charge in [0, 0.05) is 30.7 Å². The highest BCUT2D eigenvalue weighted by molar-refractivity contribution is 5.83. The van der Waals surface area contributed by atoms with Crippen LogP contribution in [0.25, 0.3) is 10.9 Å². The summed E-state index contributed by atoms with van der Waals surface area (Å²) in [4.78, 5) is 19.1. The Morgan fingerprint density at radius 1 is 1.33 bits per heavy atom. The Morgan fingerprint density at radius 2 is 2.08 bits per heavy atom. The number of amides is 1. The van der Waals surface area contributed by atoms with Crippen LogP contribution in [0.5, 0.6) is 0 Å². The minimum atomic E-state index is -0.497. The average molecular weight is 327 g/mol. The summed E-state index contributed by atoms with van der Waals surface area (Å²) in [5.41, 5.74) is 2.54. The second kappa shape index (κ2) is 6.40. The first-order valence-corrected chi connectivity index (χ1v) is 8.42. The van der Waals surface area contributed by atoms with Gasteiger partial charge in [-0.1, -0.05) is 18.2 Å². The molecule has 5 nitrogen and oxygen atoms in total. The summed E-state index contributed by atoms with van der Waals surface area (Å²) in [6, 6.07) is 10.1. The standard InChI is InChI=1S/C19H25N3O2/c1-13-11-15(14-7-5-6-8-16(14)21-13)17-12-20-9-10-22(17)18(23)24-19(2,3)4/h5-8,11,17,20H,9-10,12H2,1-4H3. The molecule has 2 heterocycles. The van der Waals surface area contributed by atoms with Gasteiger partial charge in [0.05, 0.1) is 11.6 Å². The first-order chi connectivity index (χ1) is 11.3. The van der Waals surface area contributed by atoms with Gasteiger partial charge in [0.25, 0.3) is 0 Å². The minimum Gasteiger partial charge on any atom is -0.444 e. The Labute approximate surface area is 143 Å². The van der Waals surface area contributed by atoms with E-state index in [4.69, 9.17) is 4.74 Å². The molecular formula is C19H25N3O2. The van der Waals surface area contributed by atoms with E-state index in [-0.39, 0.29) is 12.1 Å². The van der Waals surface area contributed by atoms with Crippen LogP contribution in [0.3, 0.4) is 0 Å². The third-order valence-electron chi connectivity index (χ3n) is 4.11. The third kappa shape index (κ3) is 3.51. The third-order valence-corrected chi connectivity index (χ3v) is 4.11. The van der Waals surface area contributed by atoms with Gasteiger partial charge in [0.2, 0.25) is 0 Å². The van der Waals surface area contributed by atoms with Crippen LogP contribution in [0.4, 0.5) is 4.79 Å². The lowest BCUT2D eigenvalue weighted by Gasteiger charge is -2.37. The topological polar surface area (TPSA) is 54.5 Å². The number of hydrogen-bond acceptors (Lipinski definition) is 4. The van der Waals surface area contributed by atoms with E-state index in [1.165, 1.54) is 0 Å². The molecule has 0 saturated carbocycles. The van der Waals surface area contributed by atoms with Crippen molar-refractivity contribution in [2.45, 2.75) is 39.3 Å². The van der Waals surface area contributed by atoms with Crippen LogP contribution in [0.1, 0.15) is 38.1 Å². The van der Waals surface area contributed by atoms with Crippen LogP contribution in [-0.2, 0) is 4.74 Å². The van der Waals surface area contributed by atoms with Crippen molar-refractivity contribution in [3.63, 3.8) is 0 Å². The van der Waals surface area contributed by atoms with E-state index < -0.39 is 5.60 Å². The van der Waals surface area contributed by atoms with E-state index in [0.29, 0.717) is 13.1 Å². The number of carbonyl (C=O) groups excluding carboxylic acids is 1. The summed E-state index contributed by atoms with van der Waals surface area (Å²) in [7, 11) is 0. The minimum absolute atomic E-state index is 0.0554. The van der Waals surface area contributed by atoms with Crippen LogP contribution < -0.4 is 5.32 Å². The smallest absolute Gasteiger partial charge is 0.410 e. The molecule has 0 radical (unpaired) electrons. The molecule has 1 fully saturated rings. The van der Waals surface area contributed by atoms with Crippen molar-refractivity contribution in [2.24, 2.45) is 0 Å². The van der Waals surface area contributed by atoms with Crippen LogP contribution in [0.15, 0.2) is 30.3 Å². The van der Waals surface area contributed by atoms with Crippen LogP contribution >= 0.6 is 0 Å². The molecular weight excluding hydrogens is 302 g/mol. The van der Waals surface area contributed by atoms with Crippen molar-refractivity contribution >= 4 is 17.0 Å². The number of nitrogens with zero attached hydrogens (tertiary/aromatic N) is 2. The molecule has 128 valence electrons. The molecule has 1 aromatic carbocycles. The Balaban J connectivity index is 2.01. The number of nitrogens with one attached hydrogen (secondary N) is 1. The number of hydrogen-bond donors (Lipinski definition) is 1. The molecule has 1 aliphatic heterocycles. The van der Waals surface area contributed by atoms with Gasteiger partial charge in [-0.05, 0) is 45.4 Å². The molecule has 3 rings (SSSR count). The zero-order valence-electron chi connectivity index (χ0n) is 14.8. The molecule has 1 N–H and O–H groups in total. The number of benzene rings is 1. The lowest BCUT2D eigenvalue weighted by molar-refractivity contribution is 0.0119. The zero-order valence-corrected chi connectivity index (χ0v) is 14.8. The van der Waals surface area contributed by atoms with Crippen molar-refractivity contribution in [1.29, 1.82) is 0 Å². The maximum Gasteiger partial charge on any atom is 0.410 e. The van der Waals surface area contributed by atoms with Gasteiger partial charge in [-0.3, -0.25) is 9.88 Å². The highest BCUT2D eigenvalue weighted by Crippen LogP contribution is 2.30. The maximum absolute atomic E-state index is 12.7. The first-order valence-electron chi connectivity index (χ1n) is 8.42. The molecule has 1 aromatic heterocycles. The monoisotopic (exact) mass is 327 g/mol. The molecule has 1 aliphatic rings. The number of fused-ring (bicyclic) bond motifs is 1. The number of para-hydroxylation sites is 1. The summed E-state index contributed by atoms with van der Waals surface area (Å²) >= 11 is 0. The molecule has 1 saturated heterocycles. The Kier molecular flexibility index (Phi) is 4.45. The van der Waals surface area contributed by atoms with Gasteiger partial charge >= 0.3 is 6.09 Å². The van der Waals surface area contributed by atoms with E-state index in [1.54, 1.807) is 0 Å². The number of rotatable bonds is 1. The summed E-state index contributed by atoms with van der Waals surface area (Å²) in [6.07, 6.45) is -0.257. The zero-order chi connectivity index (χ0) is 17.3. The van der Waals surface area contributed by atoms with Gasteiger partial charge < -0.3 is 10.1 Å². The van der Waals surface area contributed by atoms with E-state index in [0.717, 1.165) is 28.7 Å². The molecule has 0 spiro atoms. The average Bonchev–Trinajstić information content (AvgIpc) is 2.52. The normalized spacial score (nSPS) is 18.7. The fourth-order valence-electron chi connectivity index (χ4n) is 3.14. The molecule has 1 amide bonds. The van der Waals surface area contributed by atoms with Gasteiger partial charge in [0.1, 0.15) is 5.60 Å². The Bertz CT molecular complexity index is 752. The van der Waals surface area contributed by atoms with Crippen molar-refractivity contribution in [1.82, 2.24) is 15.2 Å². The first kappa shape index (κ1) is 16.7. The number of ether oxygens (including phenoxy) is 1. The van der Waals surface area contributed by atoms with Gasteiger partial charge in [-0.25, -0.2) is 4.79 Å². The molecule has 0 bridgehead atoms. The quantitative estimate of drug-likeness (QED) is 0.872. The number of aromatic nitrogens is 1. The van der Waals surface area contributed by atoms with Crippen LogP contribution in [-0.4, -0.2) is 41.2 Å². The van der Waals surface area contributed by atoms with Crippen molar-refractivity contribution < 1.29 is 9.53 Å². The molecule has 0 aliphatic carbocycles. The van der Waals surface area contributed by atoms with Gasteiger partial charge in [-0.15, -0.1) is 0 Å². The molecule has 1 unspecified atom stereocenters. The van der Waals surface area contributed by atoms with Gasteiger partial charge in [-0.2, -0.15) is 0 Å². The van der Waals surface area contributed by atoms with E-state index >= 15 is 0 Å². The van der Waals surface area contributed by atoms with Crippen LogP contribution in [0.2, 0.25) is 0 Å².